The van der Waals surface area contributed by atoms with E-state index in [1.165, 1.54) is 25.7 Å². The van der Waals surface area contributed by atoms with Crippen LogP contribution in [-0.4, -0.2) is 61.8 Å². The second-order valence-electron chi connectivity index (χ2n) is 5.74. The van der Waals surface area contributed by atoms with Crippen molar-refractivity contribution in [2.24, 2.45) is 0 Å². The van der Waals surface area contributed by atoms with Crippen molar-refractivity contribution in [1.29, 1.82) is 0 Å². The number of rotatable bonds is 2. The summed E-state index contributed by atoms with van der Waals surface area (Å²) in [6.45, 7) is 0. The minimum Gasteiger partial charge on any atom is -1.00 e. The molecule has 0 atom stereocenters. The van der Waals surface area contributed by atoms with Crippen molar-refractivity contribution < 1.29 is 16.9 Å². The van der Waals surface area contributed by atoms with Gasteiger partial charge in [0, 0.05) is 33.0 Å². The first-order chi connectivity index (χ1) is 7.36. The summed E-state index contributed by atoms with van der Waals surface area (Å²) in [4.78, 5) is 2.22. The van der Waals surface area contributed by atoms with Crippen LogP contribution in [0.2, 0.25) is 0 Å². The van der Waals surface area contributed by atoms with Gasteiger partial charge in [0.25, 0.3) is 0 Å². The maximum absolute atomic E-state index is 5.27. The van der Waals surface area contributed by atoms with Gasteiger partial charge in [0.15, 0.2) is 5.11 Å². The molecule has 1 N–H and O–H groups in total. The molecular weight excluding hydrogens is 254 g/mol. The highest BCUT2D eigenvalue weighted by atomic mass is 35.5. The predicted molar refractivity (Wildman–Crippen MR) is 73.5 cm³/mol. The molecule has 0 saturated heterocycles. The van der Waals surface area contributed by atoms with Gasteiger partial charge in [-0.1, -0.05) is 0 Å². The maximum atomic E-state index is 5.27. The second kappa shape index (κ2) is 6.76. The Bertz CT molecular complexity index is 245. The first-order valence-corrected chi connectivity index (χ1v) is 6.52. The molecule has 1 rings (SSSR count). The van der Waals surface area contributed by atoms with Gasteiger partial charge < -0.3 is 27.1 Å². The summed E-state index contributed by atoms with van der Waals surface area (Å²) >= 11 is 5.27. The van der Waals surface area contributed by atoms with Gasteiger partial charge in [0.2, 0.25) is 0 Å². The molecule has 0 radical (unpaired) electrons. The van der Waals surface area contributed by atoms with Crippen LogP contribution in [0.5, 0.6) is 0 Å². The number of hydrogen-bond acceptors (Lipinski definition) is 1. The summed E-state index contributed by atoms with van der Waals surface area (Å²) in [5.41, 5.74) is 0. The largest absolute Gasteiger partial charge is 1.00 e. The molecule has 0 aromatic rings. The van der Waals surface area contributed by atoms with Crippen LogP contribution >= 0.6 is 12.2 Å². The highest BCUT2D eigenvalue weighted by Crippen LogP contribution is 2.27. The van der Waals surface area contributed by atoms with Gasteiger partial charge in [-0.3, -0.25) is 0 Å². The van der Waals surface area contributed by atoms with Gasteiger partial charge in [-0.05, 0) is 25.1 Å². The normalized spacial score (nSPS) is 24.8. The van der Waals surface area contributed by atoms with Crippen molar-refractivity contribution in [2.45, 2.75) is 37.8 Å². The standard InChI is InChI=1S/C12H25N3S.ClH/c1-13-12(16)14(2)10-6-8-11(9-7-10)15(3,4)5;/h10-11H,6-9H2,1-5H3;1H. The molecule has 0 heterocycles. The van der Waals surface area contributed by atoms with E-state index in [0.29, 0.717) is 6.04 Å². The summed E-state index contributed by atoms with van der Waals surface area (Å²) in [7, 11) is 10.9. The van der Waals surface area contributed by atoms with E-state index in [1.54, 1.807) is 0 Å². The molecule has 1 fully saturated rings. The molecule has 0 spiro atoms. The van der Waals surface area contributed by atoms with Crippen LogP contribution in [0.3, 0.4) is 0 Å². The molecule has 1 aliphatic carbocycles. The van der Waals surface area contributed by atoms with Gasteiger partial charge in [0.1, 0.15) is 0 Å². The Labute approximate surface area is 118 Å². The van der Waals surface area contributed by atoms with E-state index >= 15 is 0 Å². The molecule has 1 aliphatic rings. The third-order valence-corrected chi connectivity index (χ3v) is 4.34. The molecule has 1 saturated carbocycles. The Kier molecular flexibility index (Phi) is 6.74. The molecule has 5 heteroatoms. The summed E-state index contributed by atoms with van der Waals surface area (Å²) in [6.07, 6.45) is 5.15. The zero-order chi connectivity index (χ0) is 12.3. The number of nitrogens with zero attached hydrogens (tertiary/aromatic N) is 2. The lowest BCUT2D eigenvalue weighted by atomic mass is 9.89. The van der Waals surface area contributed by atoms with Crippen LogP contribution < -0.4 is 17.7 Å². The number of halogens is 1. The topological polar surface area (TPSA) is 15.3 Å². The van der Waals surface area contributed by atoms with Crippen LogP contribution in [0.15, 0.2) is 0 Å². The molecule has 102 valence electrons. The van der Waals surface area contributed by atoms with Crippen LogP contribution in [0.25, 0.3) is 0 Å². The second-order valence-corrected chi connectivity index (χ2v) is 6.13. The highest BCUT2D eigenvalue weighted by Gasteiger charge is 2.31. The van der Waals surface area contributed by atoms with Crippen LogP contribution in [0.1, 0.15) is 25.7 Å². The first kappa shape index (κ1) is 16.9. The summed E-state index contributed by atoms with van der Waals surface area (Å²) in [5, 5.41) is 3.93. The third kappa shape index (κ3) is 4.60. The fourth-order valence-corrected chi connectivity index (χ4v) is 2.71. The number of quaternary nitrogens is 1. The van der Waals surface area contributed by atoms with Gasteiger partial charge in [0.05, 0.1) is 27.2 Å². The van der Waals surface area contributed by atoms with E-state index in [2.05, 4.69) is 38.4 Å². The minimum absolute atomic E-state index is 0. The third-order valence-electron chi connectivity index (χ3n) is 3.84. The number of thiocarbonyl (C=S) groups is 1. The lowest BCUT2D eigenvalue weighted by Crippen LogP contribution is -3.00. The van der Waals surface area contributed by atoms with Crippen LogP contribution in [0, 0.1) is 0 Å². The van der Waals surface area contributed by atoms with Crippen molar-refractivity contribution >= 4 is 17.3 Å². The average Bonchev–Trinajstić information content (AvgIpc) is 2.26. The molecule has 0 aromatic carbocycles. The minimum atomic E-state index is 0. The molecule has 0 unspecified atom stereocenters. The summed E-state index contributed by atoms with van der Waals surface area (Å²) in [6, 6.07) is 1.44. The molecule has 0 amide bonds. The number of nitrogens with one attached hydrogen (secondary N) is 1. The van der Waals surface area contributed by atoms with E-state index in [9.17, 15) is 0 Å². The van der Waals surface area contributed by atoms with Gasteiger partial charge in [-0.25, -0.2) is 0 Å². The zero-order valence-corrected chi connectivity index (χ0v) is 13.2. The molecule has 0 aromatic heterocycles. The van der Waals surface area contributed by atoms with Crippen LogP contribution in [0.4, 0.5) is 0 Å². The molecule has 17 heavy (non-hydrogen) atoms. The highest BCUT2D eigenvalue weighted by molar-refractivity contribution is 7.80. The van der Waals surface area contributed by atoms with E-state index in [0.717, 1.165) is 15.6 Å². The van der Waals surface area contributed by atoms with Gasteiger partial charge in [-0.15, -0.1) is 0 Å². The average molecular weight is 280 g/mol. The van der Waals surface area contributed by atoms with Crippen LogP contribution in [-0.2, 0) is 0 Å². The monoisotopic (exact) mass is 279 g/mol. The lowest BCUT2D eigenvalue weighted by Gasteiger charge is -2.41. The van der Waals surface area contributed by atoms with Gasteiger partial charge >= 0.3 is 0 Å². The van der Waals surface area contributed by atoms with Gasteiger partial charge in [-0.2, -0.15) is 0 Å². The summed E-state index contributed by atoms with van der Waals surface area (Å²) < 4.78 is 1.09. The Balaban J connectivity index is 0.00000256. The van der Waals surface area contributed by atoms with E-state index in [-0.39, 0.29) is 12.4 Å². The Hall–Kier alpha value is -0.0600. The lowest BCUT2D eigenvalue weighted by molar-refractivity contribution is -0.897. The SMILES string of the molecule is CNC(=S)N(C)C1CCC([N+](C)(C)C)CC1.[Cl-]. The Morgan fingerprint density at radius 2 is 1.65 bits per heavy atom. The fraction of sp³-hybridized carbons (Fsp3) is 0.917. The summed E-state index contributed by atoms with van der Waals surface area (Å²) in [5.74, 6) is 0. The number of hydrogen-bond donors (Lipinski definition) is 1. The van der Waals surface area contributed by atoms with E-state index in [1.807, 2.05) is 7.05 Å². The molecule has 3 nitrogen and oxygen atoms in total. The molecule has 0 aliphatic heterocycles. The van der Waals surface area contributed by atoms with Crippen molar-refractivity contribution in [3.63, 3.8) is 0 Å². The molecular formula is C12H26ClN3S. The maximum Gasteiger partial charge on any atom is 0.168 e. The van der Waals surface area contributed by atoms with E-state index < -0.39 is 0 Å². The quantitative estimate of drug-likeness (QED) is 0.487. The van der Waals surface area contributed by atoms with Crippen molar-refractivity contribution in [3.8, 4) is 0 Å². The van der Waals surface area contributed by atoms with Crippen molar-refractivity contribution in [2.75, 3.05) is 35.2 Å². The predicted octanol–water partition coefficient (Wildman–Crippen LogP) is -1.56. The molecule has 0 bridgehead atoms. The Morgan fingerprint density at radius 3 is 2.00 bits per heavy atom. The fourth-order valence-electron chi connectivity index (χ4n) is 2.56. The van der Waals surface area contributed by atoms with E-state index in [4.69, 9.17) is 12.2 Å². The smallest absolute Gasteiger partial charge is 0.168 e. The van der Waals surface area contributed by atoms with Crippen molar-refractivity contribution in [1.82, 2.24) is 10.2 Å². The zero-order valence-electron chi connectivity index (χ0n) is 11.7. The Morgan fingerprint density at radius 1 is 1.18 bits per heavy atom. The first-order valence-electron chi connectivity index (χ1n) is 6.12. The van der Waals surface area contributed by atoms with Crippen molar-refractivity contribution in [3.05, 3.63) is 0 Å².